The lowest BCUT2D eigenvalue weighted by Gasteiger charge is -2.32. The van der Waals surface area contributed by atoms with E-state index >= 15 is 0 Å². The van der Waals surface area contributed by atoms with E-state index in [9.17, 15) is 8.42 Å². The highest BCUT2D eigenvalue weighted by molar-refractivity contribution is 7.89. The van der Waals surface area contributed by atoms with Gasteiger partial charge in [0, 0.05) is 6.04 Å². The van der Waals surface area contributed by atoms with Crippen molar-refractivity contribution in [1.29, 1.82) is 0 Å². The first-order valence-corrected chi connectivity index (χ1v) is 7.90. The number of H-pyrrole nitrogens is 1. The smallest absolute Gasteiger partial charge is 0.244 e. The molecule has 5 nitrogen and oxygen atoms in total. The van der Waals surface area contributed by atoms with Crippen LogP contribution >= 0.6 is 0 Å². The molecule has 1 heterocycles. The van der Waals surface area contributed by atoms with Gasteiger partial charge in [0.2, 0.25) is 10.0 Å². The largest absolute Gasteiger partial charge is 0.281 e. The number of hydrogen-bond donors (Lipinski definition) is 2. The van der Waals surface area contributed by atoms with E-state index in [1.807, 2.05) is 0 Å². The van der Waals surface area contributed by atoms with E-state index in [0.29, 0.717) is 17.5 Å². The average Bonchev–Trinajstić information content (AvgIpc) is 2.69. The Hall–Kier alpha value is -0.880. The zero-order chi connectivity index (χ0) is 13.3. The van der Waals surface area contributed by atoms with Crippen LogP contribution in [0.2, 0.25) is 0 Å². The first-order chi connectivity index (χ1) is 8.40. The second kappa shape index (κ2) is 5.01. The molecule has 102 valence electrons. The average molecular weight is 271 g/mol. The summed E-state index contributed by atoms with van der Waals surface area (Å²) in [6, 6.07) is 0.0421. The van der Waals surface area contributed by atoms with Crippen LogP contribution in [0.25, 0.3) is 0 Å². The molecule has 0 amide bonds. The maximum Gasteiger partial charge on any atom is 0.244 e. The van der Waals surface area contributed by atoms with Crippen LogP contribution in [0.3, 0.4) is 0 Å². The van der Waals surface area contributed by atoms with E-state index in [1.54, 1.807) is 6.92 Å². The van der Waals surface area contributed by atoms with Gasteiger partial charge in [-0.25, -0.2) is 13.1 Å². The zero-order valence-electron chi connectivity index (χ0n) is 11.1. The van der Waals surface area contributed by atoms with Gasteiger partial charge in [-0.15, -0.1) is 0 Å². The van der Waals surface area contributed by atoms with Crippen molar-refractivity contribution in [2.45, 2.75) is 51.0 Å². The van der Waals surface area contributed by atoms with Crippen molar-refractivity contribution in [2.75, 3.05) is 0 Å². The van der Waals surface area contributed by atoms with Crippen LogP contribution in [0.15, 0.2) is 11.1 Å². The molecule has 0 aromatic carbocycles. The SMILES string of the molecule is Cc1[nH]ncc1S(=O)(=O)NC1CCC(C)CC1C. The molecule has 1 fully saturated rings. The minimum absolute atomic E-state index is 0.0421. The van der Waals surface area contributed by atoms with Gasteiger partial charge in [0.25, 0.3) is 0 Å². The van der Waals surface area contributed by atoms with E-state index in [-0.39, 0.29) is 10.9 Å². The summed E-state index contributed by atoms with van der Waals surface area (Å²) in [4.78, 5) is 0.258. The van der Waals surface area contributed by atoms with Gasteiger partial charge in [-0.05, 0) is 38.0 Å². The van der Waals surface area contributed by atoms with E-state index in [1.165, 1.54) is 6.20 Å². The van der Waals surface area contributed by atoms with Crippen LogP contribution in [0.1, 0.15) is 38.8 Å². The number of aromatic amines is 1. The lowest BCUT2D eigenvalue weighted by atomic mass is 9.80. The van der Waals surface area contributed by atoms with Crippen LogP contribution < -0.4 is 4.72 Å². The summed E-state index contributed by atoms with van der Waals surface area (Å²) >= 11 is 0. The van der Waals surface area contributed by atoms with Crippen LogP contribution in [0.4, 0.5) is 0 Å². The summed E-state index contributed by atoms with van der Waals surface area (Å²) < 4.78 is 27.3. The van der Waals surface area contributed by atoms with Gasteiger partial charge in [-0.1, -0.05) is 13.8 Å². The van der Waals surface area contributed by atoms with Gasteiger partial charge in [-0.3, -0.25) is 5.10 Å². The molecule has 1 saturated carbocycles. The fourth-order valence-corrected chi connectivity index (χ4v) is 4.23. The Morgan fingerprint density at radius 3 is 2.67 bits per heavy atom. The number of aryl methyl sites for hydroxylation is 1. The highest BCUT2D eigenvalue weighted by Gasteiger charge is 2.30. The summed E-state index contributed by atoms with van der Waals surface area (Å²) in [5, 5.41) is 6.43. The molecule has 1 aromatic rings. The number of hydrogen-bond acceptors (Lipinski definition) is 3. The number of aromatic nitrogens is 2. The standard InChI is InChI=1S/C12H21N3O2S/c1-8-4-5-11(9(2)6-8)15-18(16,17)12-7-13-14-10(12)3/h7-9,11,15H,4-6H2,1-3H3,(H,13,14). The van der Waals surface area contributed by atoms with Gasteiger partial charge in [-0.2, -0.15) is 5.10 Å². The summed E-state index contributed by atoms with van der Waals surface area (Å²) in [7, 11) is -3.44. The monoisotopic (exact) mass is 271 g/mol. The third-order valence-corrected chi connectivity index (χ3v) is 5.41. The van der Waals surface area contributed by atoms with Gasteiger partial charge in [0.1, 0.15) is 4.90 Å². The molecule has 0 radical (unpaired) electrons. The summed E-state index contributed by atoms with van der Waals surface area (Å²) in [6.07, 6.45) is 4.45. The van der Waals surface area contributed by atoms with Crippen molar-refractivity contribution < 1.29 is 8.42 Å². The molecule has 0 aliphatic heterocycles. The van der Waals surface area contributed by atoms with E-state index in [4.69, 9.17) is 0 Å². The van der Waals surface area contributed by atoms with E-state index < -0.39 is 10.0 Å². The Balaban J connectivity index is 2.12. The zero-order valence-corrected chi connectivity index (χ0v) is 11.9. The molecule has 1 aliphatic rings. The Morgan fingerprint density at radius 1 is 1.39 bits per heavy atom. The van der Waals surface area contributed by atoms with Crippen molar-refractivity contribution in [1.82, 2.24) is 14.9 Å². The molecule has 0 bridgehead atoms. The molecule has 1 aliphatic carbocycles. The molecule has 1 aromatic heterocycles. The highest BCUT2D eigenvalue weighted by atomic mass is 32.2. The topological polar surface area (TPSA) is 74.8 Å². The Bertz CT molecular complexity index is 509. The van der Waals surface area contributed by atoms with Gasteiger partial charge in [0.05, 0.1) is 11.9 Å². The second-order valence-corrected chi connectivity index (χ2v) is 7.16. The van der Waals surface area contributed by atoms with Crippen LogP contribution in [-0.4, -0.2) is 24.7 Å². The number of sulfonamides is 1. The molecule has 3 unspecified atom stereocenters. The summed E-state index contributed by atoms with van der Waals surface area (Å²) in [5.41, 5.74) is 0.583. The molecule has 2 rings (SSSR count). The van der Waals surface area contributed by atoms with Gasteiger partial charge < -0.3 is 0 Å². The van der Waals surface area contributed by atoms with Crippen molar-refractivity contribution in [3.05, 3.63) is 11.9 Å². The minimum atomic E-state index is -3.44. The fraction of sp³-hybridized carbons (Fsp3) is 0.750. The first-order valence-electron chi connectivity index (χ1n) is 6.42. The Kier molecular flexibility index (Phi) is 3.77. The highest BCUT2D eigenvalue weighted by Crippen LogP contribution is 2.29. The van der Waals surface area contributed by atoms with Crippen LogP contribution in [0, 0.1) is 18.8 Å². The normalized spacial score (nSPS) is 29.4. The second-order valence-electron chi connectivity index (χ2n) is 5.48. The van der Waals surface area contributed by atoms with Crippen molar-refractivity contribution >= 4 is 10.0 Å². The van der Waals surface area contributed by atoms with Gasteiger partial charge >= 0.3 is 0 Å². The predicted octanol–water partition coefficient (Wildman–Crippen LogP) is 1.82. The molecule has 0 spiro atoms. The number of nitrogens with one attached hydrogen (secondary N) is 2. The molecule has 0 saturated heterocycles. The molecule has 3 atom stereocenters. The fourth-order valence-electron chi connectivity index (χ4n) is 2.71. The van der Waals surface area contributed by atoms with Gasteiger partial charge in [0.15, 0.2) is 0 Å². The maximum absolute atomic E-state index is 12.2. The van der Waals surface area contributed by atoms with E-state index in [2.05, 4.69) is 28.8 Å². The Labute approximate surface area is 108 Å². The molecule has 6 heteroatoms. The van der Waals surface area contributed by atoms with Crippen LogP contribution in [-0.2, 0) is 10.0 Å². The Morgan fingerprint density at radius 2 is 2.11 bits per heavy atom. The summed E-state index contributed by atoms with van der Waals surface area (Å²) in [5.74, 6) is 1.08. The number of rotatable bonds is 3. The molecule has 2 N–H and O–H groups in total. The lowest BCUT2D eigenvalue weighted by Crippen LogP contribution is -2.42. The third-order valence-electron chi connectivity index (χ3n) is 3.81. The molecule has 18 heavy (non-hydrogen) atoms. The minimum Gasteiger partial charge on any atom is -0.281 e. The van der Waals surface area contributed by atoms with Crippen LogP contribution in [0.5, 0.6) is 0 Å². The molecular formula is C12H21N3O2S. The van der Waals surface area contributed by atoms with Crippen molar-refractivity contribution in [3.8, 4) is 0 Å². The number of nitrogens with zero attached hydrogens (tertiary/aromatic N) is 1. The van der Waals surface area contributed by atoms with Crippen molar-refractivity contribution in [3.63, 3.8) is 0 Å². The predicted molar refractivity (Wildman–Crippen MR) is 69.6 cm³/mol. The molecular weight excluding hydrogens is 250 g/mol. The lowest BCUT2D eigenvalue weighted by molar-refractivity contribution is 0.249. The van der Waals surface area contributed by atoms with E-state index in [0.717, 1.165) is 19.3 Å². The quantitative estimate of drug-likeness (QED) is 0.880. The third kappa shape index (κ3) is 2.75. The van der Waals surface area contributed by atoms with Crippen molar-refractivity contribution in [2.24, 2.45) is 11.8 Å². The maximum atomic E-state index is 12.2. The summed E-state index contributed by atoms with van der Waals surface area (Å²) in [6.45, 7) is 6.06. The first kappa shape index (κ1) is 13.5.